The number of hydrogen-bond acceptors (Lipinski definition) is 5. The molecule has 0 saturated heterocycles. The number of thiazole rings is 1. The van der Waals surface area contributed by atoms with Gasteiger partial charge in [-0.25, -0.2) is 4.98 Å². The Bertz CT molecular complexity index is 702. The molecule has 96 valence electrons. The highest BCUT2D eigenvalue weighted by Crippen LogP contribution is 2.13. The van der Waals surface area contributed by atoms with Crippen LogP contribution in [0.3, 0.4) is 0 Å². The summed E-state index contributed by atoms with van der Waals surface area (Å²) in [6, 6.07) is 3.45. The third-order valence-corrected chi connectivity index (χ3v) is 3.60. The van der Waals surface area contributed by atoms with E-state index in [1.54, 1.807) is 29.7 Å². The number of Topliss-reactive ketones (excluding diaryl/α,β-unsaturated/α-hetero) is 1. The first kappa shape index (κ1) is 12.0. The molecule has 0 aromatic carbocycles. The molecule has 2 N–H and O–H groups in total. The molecule has 0 fully saturated rings. The van der Waals surface area contributed by atoms with Gasteiger partial charge < -0.3 is 5.73 Å². The van der Waals surface area contributed by atoms with E-state index in [2.05, 4.69) is 9.97 Å². The molecular weight excluding hydrogens is 260 g/mol. The number of hydrogen-bond donors (Lipinski definition) is 1. The summed E-state index contributed by atoms with van der Waals surface area (Å²) in [5.41, 5.74) is 7.65. The van der Waals surface area contributed by atoms with E-state index in [-0.39, 0.29) is 5.78 Å². The normalized spacial score (nSPS) is 11.0. The Balaban J connectivity index is 1.82. The molecule has 5 nitrogen and oxygen atoms in total. The molecule has 3 rings (SSSR count). The van der Waals surface area contributed by atoms with Crippen molar-refractivity contribution >= 4 is 22.1 Å². The summed E-state index contributed by atoms with van der Waals surface area (Å²) >= 11 is 1.55. The molecule has 0 unspecified atom stereocenters. The summed E-state index contributed by atoms with van der Waals surface area (Å²) < 4.78 is 1.92. The molecule has 0 bridgehead atoms. The smallest absolute Gasteiger partial charge is 0.193 e. The highest BCUT2D eigenvalue weighted by molar-refractivity contribution is 7.15. The maximum atomic E-state index is 12.2. The molecule has 3 aromatic rings. The number of carbonyl (C=O) groups excluding carboxylic acids is 1. The quantitative estimate of drug-likeness (QED) is 0.733. The zero-order valence-corrected chi connectivity index (χ0v) is 10.9. The van der Waals surface area contributed by atoms with Gasteiger partial charge in [-0.3, -0.25) is 14.2 Å². The van der Waals surface area contributed by atoms with E-state index in [0.717, 1.165) is 16.3 Å². The van der Waals surface area contributed by atoms with Gasteiger partial charge in [0.2, 0.25) is 0 Å². The van der Waals surface area contributed by atoms with Crippen LogP contribution in [-0.2, 0) is 13.0 Å². The Morgan fingerprint density at radius 3 is 3.11 bits per heavy atom. The van der Waals surface area contributed by atoms with E-state index in [4.69, 9.17) is 5.73 Å². The van der Waals surface area contributed by atoms with Gasteiger partial charge in [0, 0.05) is 36.1 Å². The van der Waals surface area contributed by atoms with Crippen LogP contribution in [0, 0.1) is 0 Å². The molecule has 0 amide bonds. The summed E-state index contributed by atoms with van der Waals surface area (Å²) in [5.74, 6) is 0.0304. The molecule has 0 aliphatic heterocycles. The average molecular weight is 272 g/mol. The molecule has 0 aliphatic rings. The second-order valence-electron chi connectivity index (χ2n) is 4.17. The van der Waals surface area contributed by atoms with Gasteiger partial charge in [0.05, 0.1) is 17.8 Å². The molecule has 3 heterocycles. The summed E-state index contributed by atoms with van der Waals surface area (Å²) in [4.78, 5) is 21.5. The largest absolute Gasteiger partial charge is 0.325 e. The van der Waals surface area contributed by atoms with Crippen LogP contribution in [0.2, 0.25) is 0 Å². The van der Waals surface area contributed by atoms with Crippen molar-refractivity contribution in [2.75, 3.05) is 0 Å². The highest BCUT2D eigenvalue weighted by atomic mass is 32.1. The third kappa shape index (κ3) is 2.40. The van der Waals surface area contributed by atoms with Crippen molar-refractivity contribution in [2.45, 2.75) is 13.0 Å². The van der Waals surface area contributed by atoms with Crippen LogP contribution in [-0.4, -0.2) is 20.2 Å². The van der Waals surface area contributed by atoms with Gasteiger partial charge >= 0.3 is 0 Å². The van der Waals surface area contributed by atoms with Crippen LogP contribution >= 0.6 is 11.3 Å². The summed E-state index contributed by atoms with van der Waals surface area (Å²) in [6.07, 6.45) is 5.72. The molecule has 0 aliphatic carbocycles. The van der Waals surface area contributed by atoms with E-state index in [1.807, 2.05) is 22.2 Å². The lowest BCUT2D eigenvalue weighted by molar-refractivity contribution is 0.0992. The van der Waals surface area contributed by atoms with Gasteiger partial charge in [0.15, 0.2) is 10.7 Å². The molecule has 6 heteroatoms. The molecule has 19 heavy (non-hydrogen) atoms. The minimum atomic E-state index is 0.0304. The molecule has 0 radical (unpaired) electrons. The van der Waals surface area contributed by atoms with Crippen molar-refractivity contribution in [3.8, 4) is 0 Å². The van der Waals surface area contributed by atoms with E-state index < -0.39 is 0 Å². The lowest BCUT2D eigenvalue weighted by Crippen LogP contribution is -2.07. The lowest BCUT2D eigenvalue weighted by Gasteiger charge is -2.01. The Morgan fingerprint density at radius 1 is 1.42 bits per heavy atom. The van der Waals surface area contributed by atoms with Crippen molar-refractivity contribution < 1.29 is 4.79 Å². The molecule has 3 aromatic heterocycles. The number of imidazole rings is 1. The zero-order valence-electron chi connectivity index (χ0n) is 10.1. The fraction of sp³-hybridized carbons (Fsp3) is 0.154. The maximum absolute atomic E-state index is 12.2. The van der Waals surface area contributed by atoms with Gasteiger partial charge in [-0.2, -0.15) is 0 Å². The highest BCUT2D eigenvalue weighted by Gasteiger charge is 2.11. The molecule has 0 atom stereocenters. The van der Waals surface area contributed by atoms with Gasteiger partial charge in [-0.1, -0.05) is 0 Å². The second kappa shape index (κ2) is 4.91. The van der Waals surface area contributed by atoms with Gasteiger partial charge in [-0.05, 0) is 12.1 Å². The SMILES string of the molecule is NCc1cc(C(=O)Cc2cn3ccsc3n2)ccn1. The number of nitrogens with zero attached hydrogens (tertiary/aromatic N) is 3. The third-order valence-electron chi connectivity index (χ3n) is 2.83. The van der Waals surface area contributed by atoms with Crippen molar-refractivity contribution in [3.63, 3.8) is 0 Å². The van der Waals surface area contributed by atoms with Crippen LogP contribution in [0.1, 0.15) is 21.7 Å². The van der Waals surface area contributed by atoms with E-state index >= 15 is 0 Å². The van der Waals surface area contributed by atoms with Crippen molar-refractivity contribution in [3.05, 3.63) is 53.1 Å². The predicted molar refractivity (Wildman–Crippen MR) is 73.2 cm³/mol. The summed E-state index contributed by atoms with van der Waals surface area (Å²) in [5, 5.41) is 1.96. The fourth-order valence-corrected chi connectivity index (χ4v) is 2.61. The second-order valence-corrected chi connectivity index (χ2v) is 5.04. The van der Waals surface area contributed by atoms with Crippen molar-refractivity contribution in [2.24, 2.45) is 5.73 Å². The maximum Gasteiger partial charge on any atom is 0.193 e. The summed E-state index contributed by atoms with van der Waals surface area (Å²) in [6.45, 7) is 0.335. The Kier molecular flexibility index (Phi) is 3.10. The van der Waals surface area contributed by atoms with E-state index in [9.17, 15) is 4.79 Å². The summed E-state index contributed by atoms with van der Waals surface area (Å²) in [7, 11) is 0. The van der Waals surface area contributed by atoms with Crippen molar-refractivity contribution in [1.82, 2.24) is 14.4 Å². The van der Waals surface area contributed by atoms with Gasteiger partial charge in [0.25, 0.3) is 0 Å². The molecular formula is C13H12N4OS. The first-order valence-electron chi connectivity index (χ1n) is 5.85. The van der Waals surface area contributed by atoms with Crippen molar-refractivity contribution in [1.29, 1.82) is 0 Å². The van der Waals surface area contributed by atoms with Crippen LogP contribution in [0.4, 0.5) is 0 Å². The number of carbonyl (C=O) groups is 1. The lowest BCUT2D eigenvalue weighted by atomic mass is 10.1. The van der Waals surface area contributed by atoms with E-state index in [0.29, 0.717) is 18.5 Å². The van der Waals surface area contributed by atoms with Crippen LogP contribution in [0.15, 0.2) is 36.1 Å². The number of rotatable bonds is 4. The predicted octanol–water partition coefficient (Wildman–Crippen LogP) is 1.67. The minimum absolute atomic E-state index is 0.0304. The topological polar surface area (TPSA) is 73.3 Å². The zero-order chi connectivity index (χ0) is 13.2. The van der Waals surface area contributed by atoms with E-state index in [1.165, 1.54) is 0 Å². The number of fused-ring (bicyclic) bond motifs is 1. The first-order valence-corrected chi connectivity index (χ1v) is 6.73. The Labute approximate surface area is 113 Å². The fourth-order valence-electron chi connectivity index (χ4n) is 1.89. The number of aromatic nitrogens is 3. The number of ketones is 1. The minimum Gasteiger partial charge on any atom is -0.325 e. The Morgan fingerprint density at radius 2 is 2.32 bits per heavy atom. The van der Waals surface area contributed by atoms with Gasteiger partial charge in [-0.15, -0.1) is 11.3 Å². The number of pyridine rings is 1. The average Bonchev–Trinajstić information content (AvgIpc) is 2.99. The molecule has 0 saturated carbocycles. The standard InChI is InChI=1S/C13H12N4OS/c14-7-10-5-9(1-2-15-10)12(18)6-11-8-17-3-4-19-13(17)16-11/h1-5,8H,6-7,14H2. The van der Waals surface area contributed by atoms with Crippen LogP contribution in [0.25, 0.3) is 4.96 Å². The van der Waals surface area contributed by atoms with Gasteiger partial charge in [0.1, 0.15) is 0 Å². The van der Waals surface area contributed by atoms with Crippen LogP contribution < -0.4 is 5.73 Å². The number of nitrogens with two attached hydrogens (primary N) is 1. The monoisotopic (exact) mass is 272 g/mol. The van der Waals surface area contributed by atoms with Crippen LogP contribution in [0.5, 0.6) is 0 Å². The molecule has 0 spiro atoms. The Hall–Kier alpha value is -2.05. The first-order chi connectivity index (χ1) is 9.26.